The van der Waals surface area contributed by atoms with Gasteiger partial charge in [0.05, 0.1) is 0 Å². The molecular weight excluding hydrogens is 723 g/mol. The maximum atomic E-state index is 6.51. The number of thiophene rings is 1. The number of nitrogens with zero attached hydrogens (tertiary/aromatic N) is 5. The third kappa shape index (κ3) is 5.15. The lowest BCUT2D eigenvalue weighted by Gasteiger charge is -2.09. The van der Waals surface area contributed by atoms with E-state index >= 15 is 0 Å². The lowest BCUT2D eigenvalue weighted by Crippen LogP contribution is -2.00. The van der Waals surface area contributed by atoms with Crippen LogP contribution in [0.15, 0.2) is 173 Å². The van der Waals surface area contributed by atoms with Crippen molar-refractivity contribution in [1.82, 2.24) is 24.9 Å². The molecule has 5 heterocycles. The van der Waals surface area contributed by atoms with Gasteiger partial charge in [-0.15, -0.1) is 11.3 Å². The van der Waals surface area contributed by atoms with Crippen LogP contribution in [0.2, 0.25) is 0 Å². The van der Waals surface area contributed by atoms with E-state index in [1.54, 1.807) is 11.3 Å². The molecule has 7 nitrogen and oxygen atoms in total. The highest BCUT2D eigenvalue weighted by molar-refractivity contribution is 7.25. The molecule has 12 rings (SSSR count). The average molecular weight is 750 g/mol. The van der Waals surface area contributed by atoms with Gasteiger partial charge in [-0.25, -0.2) is 24.9 Å². The highest BCUT2D eigenvalue weighted by atomic mass is 32.1. The summed E-state index contributed by atoms with van der Waals surface area (Å²) in [4.78, 5) is 25.5. The maximum absolute atomic E-state index is 6.51. The minimum atomic E-state index is 0.558. The molecule has 5 aromatic heterocycles. The SMILES string of the molecule is c1ccc(-c2nc(-c3ccccc3)nc(-c3cccc4oc5ccc(-c6nc(-c7ccc8c(c7)sc7ccccc78)c7oc8ccccc8c7n6)cc5c34)n2)cc1. The van der Waals surface area contributed by atoms with Crippen LogP contribution in [0.5, 0.6) is 0 Å². The third-order valence-corrected chi connectivity index (χ3v) is 11.7. The van der Waals surface area contributed by atoms with Gasteiger partial charge in [-0.2, -0.15) is 0 Å². The zero-order valence-corrected chi connectivity index (χ0v) is 30.9. The van der Waals surface area contributed by atoms with Crippen molar-refractivity contribution in [3.8, 4) is 56.8 Å². The van der Waals surface area contributed by atoms with Crippen molar-refractivity contribution >= 4 is 75.5 Å². The third-order valence-electron chi connectivity index (χ3n) is 10.6. The van der Waals surface area contributed by atoms with Crippen molar-refractivity contribution < 1.29 is 8.83 Å². The lowest BCUT2D eigenvalue weighted by molar-refractivity contribution is 0.667. The Labute approximate surface area is 328 Å². The zero-order valence-electron chi connectivity index (χ0n) is 30.0. The molecule has 12 aromatic rings. The molecule has 8 heteroatoms. The Balaban J connectivity index is 1.07. The summed E-state index contributed by atoms with van der Waals surface area (Å²) in [6.07, 6.45) is 0. The Morgan fingerprint density at radius 1 is 0.368 bits per heavy atom. The maximum Gasteiger partial charge on any atom is 0.180 e. The molecule has 0 saturated carbocycles. The smallest absolute Gasteiger partial charge is 0.180 e. The highest BCUT2D eigenvalue weighted by Gasteiger charge is 2.22. The second-order valence-corrected chi connectivity index (χ2v) is 15.1. The molecule has 0 N–H and O–H groups in total. The normalized spacial score (nSPS) is 11.9. The van der Waals surface area contributed by atoms with Gasteiger partial charge in [-0.1, -0.05) is 115 Å². The Morgan fingerprint density at radius 3 is 1.81 bits per heavy atom. The van der Waals surface area contributed by atoms with Gasteiger partial charge in [0.1, 0.15) is 28.0 Å². The molecule has 0 aliphatic heterocycles. The van der Waals surface area contributed by atoms with Crippen LogP contribution in [0.25, 0.3) is 121 Å². The van der Waals surface area contributed by atoms with Crippen LogP contribution in [0.3, 0.4) is 0 Å². The molecule has 57 heavy (non-hydrogen) atoms. The Morgan fingerprint density at radius 2 is 1.00 bits per heavy atom. The molecule has 0 bridgehead atoms. The van der Waals surface area contributed by atoms with Crippen LogP contribution < -0.4 is 0 Å². The van der Waals surface area contributed by atoms with Gasteiger partial charge in [0.25, 0.3) is 0 Å². The van der Waals surface area contributed by atoms with Crippen molar-refractivity contribution in [2.75, 3.05) is 0 Å². The van der Waals surface area contributed by atoms with Gasteiger partial charge >= 0.3 is 0 Å². The van der Waals surface area contributed by atoms with E-state index in [9.17, 15) is 0 Å². The number of fused-ring (bicyclic) bond motifs is 9. The average Bonchev–Trinajstić information content (AvgIpc) is 3.97. The number of benzene rings is 7. The summed E-state index contributed by atoms with van der Waals surface area (Å²) in [6.45, 7) is 0. The monoisotopic (exact) mass is 749 g/mol. The molecular formula is C49H27N5O2S. The fourth-order valence-corrected chi connectivity index (χ4v) is 9.02. The van der Waals surface area contributed by atoms with Crippen LogP contribution in [0.1, 0.15) is 0 Å². The first-order valence-corrected chi connectivity index (χ1v) is 19.5. The molecule has 0 spiro atoms. The van der Waals surface area contributed by atoms with Gasteiger partial charge < -0.3 is 8.83 Å². The fraction of sp³-hybridized carbons (Fsp3) is 0. The summed E-state index contributed by atoms with van der Waals surface area (Å²) in [5.74, 6) is 2.34. The summed E-state index contributed by atoms with van der Waals surface area (Å²) in [5.41, 5.74) is 8.90. The van der Waals surface area contributed by atoms with Crippen molar-refractivity contribution in [3.05, 3.63) is 164 Å². The standard InChI is InChI=1S/C49H27N5O2S/c1-3-12-28(13-4-1)46-52-47(29-14-5-2-6-15-29)54-49(53-46)35-18-11-20-39-42(35)36-26-31(23-25-38(36)55-39)48-50-43(45-44(51-48)34-17-7-9-19-37(34)56-45)30-22-24-33-32-16-8-10-21-40(32)57-41(33)27-30/h1-27H. The van der Waals surface area contributed by atoms with Crippen molar-refractivity contribution in [3.63, 3.8) is 0 Å². The Kier molecular flexibility index (Phi) is 6.96. The molecule has 0 aliphatic rings. The molecule has 0 amide bonds. The van der Waals surface area contributed by atoms with E-state index in [1.165, 1.54) is 20.2 Å². The molecule has 0 aliphatic carbocycles. The first kappa shape index (κ1) is 31.8. The quantitative estimate of drug-likeness (QED) is 0.173. The Hall–Kier alpha value is -7.55. The second-order valence-electron chi connectivity index (χ2n) is 14.0. The fourth-order valence-electron chi connectivity index (χ4n) is 7.87. The predicted octanol–water partition coefficient (Wildman–Crippen LogP) is 13.2. The van der Waals surface area contributed by atoms with Gasteiger partial charge in [0.2, 0.25) is 0 Å². The summed E-state index contributed by atoms with van der Waals surface area (Å²) in [7, 11) is 0. The molecule has 0 unspecified atom stereocenters. The summed E-state index contributed by atoms with van der Waals surface area (Å²) < 4.78 is 15.4. The number of para-hydroxylation sites is 1. The van der Waals surface area contributed by atoms with Gasteiger partial charge in [-0.3, -0.25) is 0 Å². The number of rotatable bonds is 5. The van der Waals surface area contributed by atoms with E-state index in [0.29, 0.717) is 28.9 Å². The van der Waals surface area contributed by atoms with Gasteiger partial charge in [0, 0.05) is 64.1 Å². The van der Waals surface area contributed by atoms with Crippen LogP contribution >= 0.6 is 11.3 Å². The largest absolute Gasteiger partial charge is 0.456 e. The van der Waals surface area contributed by atoms with Gasteiger partial charge in [0.15, 0.2) is 28.9 Å². The van der Waals surface area contributed by atoms with Crippen molar-refractivity contribution in [1.29, 1.82) is 0 Å². The minimum Gasteiger partial charge on any atom is -0.456 e. The number of hydrogen-bond acceptors (Lipinski definition) is 8. The van der Waals surface area contributed by atoms with Crippen LogP contribution in [0.4, 0.5) is 0 Å². The van der Waals surface area contributed by atoms with Crippen LogP contribution in [0, 0.1) is 0 Å². The summed E-state index contributed by atoms with van der Waals surface area (Å²) >= 11 is 1.78. The van der Waals surface area contributed by atoms with E-state index in [2.05, 4.69) is 54.6 Å². The minimum absolute atomic E-state index is 0.558. The number of furan rings is 2. The predicted molar refractivity (Wildman–Crippen MR) is 230 cm³/mol. The molecule has 266 valence electrons. The lowest BCUT2D eigenvalue weighted by atomic mass is 10.0. The first-order valence-electron chi connectivity index (χ1n) is 18.7. The number of hydrogen-bond donors (Lipinski definition) is 0. The molecule has 0 atom stereocenters. The molecule has 0 radical (unpaired) electrons. The molecule has 7 aromatic carbocycles. The van der Waals surface area contributed by atoms with Crippen LogP contribution in [-0.2, 0) is 0 Å². The van der Waals surface area contributed by atoms with E-state index in [-0.39, 0.29) is 0 Å². The van der Waals surface area contributed by atoms with E-state index in [4.69, 9.17) is 33.8 Å². The van der Waals surface area contributed by atoms with Crippen molar-refractivity contribution in [2.45, 2.75) is 0 Å². The van der Waals surface area contributed by atoms with Crippen molar-refractivity contribution in [2.24, 2.45) is 0 Å². The number of aromatic nitrogens is 5. The zero-order chi connectivity index (χ0) is 37.5. The summed E-state index contributed by atoms with van der Waals surface area (Å²) in [6, 6.07) is 55.3. The van der Waals surface area contributed by atoms with Crippen LogP contribution in [-0.4, -0.2) is 24.9 Å². The molecule has 0 fully saturated rings. The second kappa shape index (κ2) is 12.5. The van der Waals surface area contributed by atoms with E-state index in [0.717, 1.165) is 71.9 Å². The topological polar surface area (TPSA) is 90.7 Å². The molecule has 0 saturated heterocycles. The highest BCUT2D eigenvalue weighted by Crippen LogP contribution is 2.42. The van der Waals surface area contributed by atoms with E-state index < -0.39 is 0 Å². The van der Waals surface area contributed by atoms with E-state index in [1.807, 2.05) is 109 Å². The Bertz CT molecular complexity index is 3480. The first-order chi connectivity index (χ1) is 28.2. The summed E-state index contributed by atoms with van der Waals surface area (Å²) in [5, 5.41) is 5.24. The van der Waals surface area contributed by atoms with Gasteiger partial charge in [-0.05, 0) is 48.5 Å².